The molecule has 0 saturated heterocycles. The highest BCUT2D eigenvalue weighted by molar-refractivity contribution is 5.83. The highest BCUT2D eigenvalue weighted by Gasteiger charge is 2.29. The van der Waals surface area contributed by atoms with Gasteiger partial charge in [0.2, 0.25) is 0 Å². The Kier molecular flexibility index (Phi) is 7.37. The molecule has 2 heterocycles. The number of aliphatic hydroxyl groups excluding tert-OH is 1. The van der Waals surface area contributed by atoms with Crippen molar-refractivity contribution >= 4 is 10.9 Å². The summed E-state index contributed by atoms with van der Waals surface area (Å²) in [6.07, 6.45) is 0. The van der Waals surface area contributed by atoms with Gasteiger partial charge in [0.1, 0.15) is 5.82 Å². The highest BCUT2D eigenvalue weighted by atomic mass is 19.1. The Bertz CT molecular complexity index is 1360. The summed E-state index contributed by atoms with van der Waals surface area (Å²) in [5, 5.41) is 23.2. The first-order chi connectivity index (χ1) is 16.8. The molecule has 1 atom stereocenters. The van der Waals surface area contributed by atoms with Gasteiger partial charge >= 0.3 is 0 Å². The van der Waals surface area contributed by atoms with E-state index in [0.717, 1.165) is 27.6 Å². The molecule has 0 radical (unpaired) electrons. The first-order valence-corrected chi connectivity index (χ1v) is 11.8. The van der Waals surface area contributed by atoms with Gasteiger partial charge in [-0.25, -0.2) is 9.07 Å². The van der Waals surface area contributed by atoms with Crippen molar-refractivity contribution < 1.29 is 9.50 Å². The average molecular weight is 479 g/mol. The zero-order chi connectivity index (χ0) is 25.1. The number of nitrogens with one attached hydrogen (secondary N) is 1. The molecule has 4 rings (SSSR count). The van der Waals surface area contributed by atoms with Gasteiger partial charge in [-0.05, 0) is 71.1 Å². The third-order valence-corrected chi connectivity index (χ3v) is 6.24. The summed E-state index contributed by atoms with van der Waals surface area (Å²) in [6.45, 7) is 9.13. The van der Waals surface area contributed by atoms with Gasteiger partial charge in [0, 0.05) is 29.6 Å². The Morgan fingerprint density at radius 3 is 2.57 bits per heavy atom. The number of halogens is 1. The number of hydrogen-bond acceptors (Lipinski definition) is 6. The number of benzene rings is 2. The zero-order valence-electron chi connectivity index (χ0n) is 20.5. The normalized spacial score (nSPS) is 12.7. The number of fused-ring (bicyclic) bond motifs is 1. The van der Waals surface area contributed by atoms with E-state index in [1.54, 1.807) is 16.8 Å². The van der Waals surface area contributed by atoms with E-state index in [0.29, 0.717) is 31.0 Å². The maximum atomic E-state index is 13.3. The molecule has 0 aliphatic heterocycles. The second-order valence-electron chi connectivity index (χ2n) is 9.37. The van der Waals surface area contributed by atoms with Gasteiger partial charge in [0.15, 0.2) is 5.82 Å². The van der Waals surface area contributed by atoms with Crippen LogP contribution >= 0.6 is 0 Å². The SMILES string of the molecule is Cc1cc(C)c2cc(CN(CCO)[C@@H](c3nnnn3Cc3ccc(F)cc3)C(C)C)c(=O)[nH]c2c1. The minimum absolute atomic E-state index is 0.0769. The Labute approximate surface area is 203 Å². The van der Waals surface area contributed by atoms with Crippen molar-refractivity contribution in [1.29, 1.82) is 0 Å². The topological polar surface area (TPSA) is 99.9 Å². The van der Waals surface area contributed by atoms with Crippen LogP contribution < -0.4 is 5.56 Å². The summed E-state index contributed by atoms with van der Waals surface area (Å²) in [5.41, 5.74) is 4.32. The summed E-state index contributed by atoms with van der Waals surface area (Å²) in [6, 6.07) is 12.0. The van der Waals surface area contributed by atoms with Crippen molar-refractivity contribution in [2.75, 3.05) is 13.2 Å². The molecule has 0 amide bonds. The van der Waals surface area contributed by atoms with E-state index in [1.165, 1.54) is 12.1 Å². The van der Waals surface area contributed by atoms with E-state index in [9.17, 15) is 14.3 Å². The van der Waals surface area contributed by atoms with Crippen molar-refractivity contribution in [1.82, 2.24) is 30.1 Å². The monoisotopic (exact) mass is 478 g/mol. The number of nitrogens with zero attached hydrogens (tertiary/aromatic N) is 5. The number of aromatic amines is 1. The lowest BCUT2D eigenvalue weighted by Crippen LogP contribution is -2.37. The maximum Gasteiger partial charge on any atom is 0.252 e. The predicted octanol–water partition coefficient (Wildman–Crippen LogP) is 3.51. The molecule has 2 aromatic carbocycles. The Morgan fingerprint density at radius 1 is 1.14 bits per heavy atom. The van der Waals surface area contributed by atoms with Gasteiger partial charge in [-0.1, -0.05) is 32.0 Å². The predicted molar refractivity (Wildman–Crippen MR) is 132 cm³/mol. The Morgan fingerprint density at radius 2 is 1.89 bits per heavy atom. The molecule has 0 aliphatic rings. The van der Waals surface area contributed by atoms with Crippen LogP contribution in [-0.4, -0.2) is 48.3 Å². The fourth-order valence-electron chi connectivity index (χ4n) is 4.68. The van der Waals surface area contributed by atoms with Gasteiger partial charge in [-0.3, -0.25) is 9.69 Å². The number of H-pyrrole nitrogens is 1. The molecule has 2 aromatic heterocycles. The summed E-state index contributed by atoms with van der Waals surface area (Å²) in [4.78, 5) is 18.0. The number of aryl methyl sites for hydroxylation is 2. The fraction of sp³-hybridized carbons (Fsp3) is 0.385. The summed E-state index contributed by atoms with van der Waals surface area (Å²) < 4.78 is 15.0. The van der Waals surface area contributed by atoms with Crippen molar-refractivity contribution in [3.63, 3.8) is 0 Å². The van der Waals surface area contributed by atoms with Gasteiger partial charge in [-0.2, -0.15) is 0 Å². The van der Waals surface area contributed by atoms with E-state index in [2.05, 4.69) is 40.4 Å². The molecule has 8 nitrogen and oxygen atoms in total. The first-order valence-electron chi connectivity index (χ1n) is 11.8. The molecule has 0 unspecified atom stereocenters. The van der Waals surface area contributed by atoms with Crippen LogP contribution in [0, 0.1) is 25.6 Å². The van der Waals surface area contributed by atoms with Gasteiger partial charge < -0.3 is 10.1 Å². The minimum Gasteiger partial charge on any atom is -0.395 e. The van der Waals surface area contributed by atoms with Gasteiger partial charge in [0.05, 0.1) is 19.2 Å². The van der Waals surface area contributed by atoms with Crippen LogP contribution in [0.2, 0.25) is 0 Å². The van der Waals surface area contributed by atoms with E-state index >= 15 is 0 Å². The molecule has 4 aromatic rings. The van der Waals surface area contributed by atoms with Crippen molar-refractivity contribution in [2.45, 2.75) is 46.8 Å². The Hall–Kier alpha value is -3.43. The largest absolute Gasteiger partial charge is 0.395 e. The van der Waals surface area contributed by atoms with Gasteiger partial charge in [-0.15, -0.1) is 5.10 Å². The third kappa shape index (κ3) is 5.47. The van der Waals surface area contributed by atoms with E-state index < -0.39 is 0 Å². The Balaban J connectivity index is 1.69. The van der Waals surface area contributed by atoms with E-state index in [4.69, 9.17) is 0 Å². The van der Waals surface area contributed by atoms with Crippen LogP contribution in [0.1, 0.15) is 48.0 Å². The molecule has 9 heteroatoms. The van der Waals surface area contributed by atoms with E-state index in [-0.39, 0.29) is 29.9 Å². The lowest BCUT2D eigenvalue weighted by molar-refractivity contribution is 0.106. The highest BCUT2D eigenvalue weighted by Crippen LogP contribution is 2.29. The zero-order valence-corrected chi connectivity index (χ0v) is 20.5. The lowest BCUT2D eigenvalue weighted by atomic mass is 9.99. The quantitative estimate of drug-likeness (QED) is 0.382. The van der Waals surface area contributed by atoms with Crippen LogP contribution in [0.15, 0.2) is 47.3 Å². The van der Waals surface area contributed by atoms with Crippen LogP contribution in [0.5, 0.6) is 0 Å². The molecule has 0 bridgehead atoms. The molecule has 0 saturated carbocycles. The van der Waals surface area contributed by atoms with Crippen LogP contribution in [0.4, 0.5) is 4.39 Å². The lowest BCUT2D eigenvalue weighted by Gasteiger charge is -2.33. The third-order valence-electron chi connectivity index (χ3n) is 6.24. The molecule has 0 spiro atoms. The summed E-state index contributed by atoms with van der Waals surface area (Å²) >= 11 is 0. The number of hydrogen-bond donors (Lipinski definition) is 2. The maximum absolute atomic E-state index is 13.3. The van der Waals surface area contributed by atoms with E-state index in [1.807, 2.05) is 30.9 Å². The molecular weight excluding hydrogens is 447 g/mol. The standard InChI is InChI=1S/C26H31FN6O2/c1-16(2)24(25-29-30-31-33(25)14-19-5-7-21(27)8-6-19)32(9-10-34)15-20-13-22-18(4)11-17(3)12-23(22)28-26(20)35/h5-8,11-13,16,24,34H,9-10,14-15H2,1-4H3,(H,28,35)/t24-/m1/s1. The number of rotatable bonds is 9. The fourth-order valence-corrected chi connectivity index (χ4v) is 4.68. The molecule has 2 N–H and O–H groups in total. The molecule has 35 heavy (non-hydrogen) atoms. The van der Waals surface area contributed by atoms with Crippen LogP contribution in [-0.2, 0) is 13.1 Å². The number of aliphatic hydroxyl groups is 1. The first kappa shape index (κ1) is 24.7. The van der Waals surface area contributed by atoms with Crippen molar-refractivity contribution in [3.8, 4) is 0 Å². The minimum atomic E-state index is -0.300. The van der Waals surface area contributed by atoms with Crippen LogP contribution in [0.3, 0.4) is 0 Å². The number of pyridine rings is 1. The number of aromatic nitrogens is 5. The molecule has 0 fully saturated rings. The summed E-state index contributed by atoms with van der Waals surface area (Å²) in [7, 11) is 0. The number of tetrazole rings is 1. The smallest absolute Gasteiger partial charge is 0.252 e. The van der Waals surface area contributed by atoms with Crippen LogP contribution in [0.25, 0.3) is 10.9 Å². The summed E-state index contributed by atoms with van der Waals surface area (Å²) in [5.74, 6) is 0.413. The second-order valence-corrected chi connectivity index (χ2v) is 9.37. The van der Waals surface area contributed by atoms with Gasteiger partial charge in [0.25, 0.3) is 5.56 Å². The van der Waals surface area contributed by atoms with Crippen molar-refractivity contribution in [2.24, 2.45) is 5.92 Å². The second kappa shape index (κ2) is 10.5. The van der Waals surface area contributed by atoms with Crippen molar-refractivity contribution in [3.05, 3.63) is 86.7 Å². The molecular formula is C26H31FN6O2. The molecule has 0 aliphatic carbocycles. The molecule has 184 valence electrons. The average Bonchev–Trinajstić information content (AvgIpc) is 3.23.